The summed E-state index contributed by atoms with van der Waals surface area (Å²) in [4.78, 5) is 15.2. The van der Waals surface area contributed by atoms with E-state index in [2.05, 4.69) is 4.98 Å². The second kappa shape index (κ2) is 5.34. The minimum absolute atomic E-state index is 0.0318. The first-order valence-electron chi connectivity index (χ1n) is 4.15. The summed E-state index contributed by atoms with van der Waals surface area (Å²) in [5.41, 5.74) is -0.341. The van der Waals surface area contributed by atoms with E-state index in [1.165, 1.54) is 10.9 Å². The molecule has 14 heavy (non-hydrogen) atoms. The van der Waals surface area contributed by atoms with Crippen LogP contribution in [0.5, 0.6) is 0 Å². The Labute approximate surface area is 91.4 Å². The number of nitrogens with zero attached hydrogens (tertiary/aromatic N) is 2. The fourth-order valence-electron chi connectivity index (χ4n) is 0.910. The predicted octanol–water partition coefficient (Wildman–Crippen LogP) is 1.59. The van der Waals surface area contributed by atoms with Crippen molar-refractivity contribution in [3.8, 4) is 0 Å². The number of aromatic nitrogens is 2. The Kier molecular flexibility index (Phi) is 4.38. The van der Waals surface area contributed by atoms with Crippen LogP contribution in [0.25, 0.3) is 0 Å². The Hall–Kier alpha value is -0.580. The van der Waals surface area contributed by atoms with Crippen LogP contribution < -0.4 is 5.56 Å². The molecule has 0 aromatic carbocycles. The molecule has 0 aliphatic heterocycles. The zero-order valence-corrected chi connectivity index (χ0v) is 9.18. The zero-order valence-electron chi connectivity index (χ0n) is 7.67. The predicted molar refractivity (Wildman–Crippen MR) is 55.0 cm³/mol. The fourth-order valence-corrected chi connectivity index (χ4v) is 1.19. The minimum Gasteiger partial charge on any atom is -0.380 e. The highest BCUT2D eigenvalue weighted by Crippen LogP contribution is 2.12. The van der Waals surface area contributed by atoms with E-state index in [4.69, 9.17) is 27.9 Å². The van der Waals surface area contributed by atoms with Crippen molar-refractivity contribution >= 4 is 23.2 Å². The third kappa shape index (κ3) is 2.70. The largest absolute Gasteiger partial charge is 0.380 e. The Morgan fingerprint density at radius 1 is 1.57 bits per heavy atom. The van der Waals surface area contributed by atoms with Crippen molar-refractivity contribution in [2.75, 3.05) is 13.2 Å². The van der Waals surface area contributed by atoms with E-state index < -0.39 is 0 Å². The Morgan fingerprint density at radius 2 is 2.29 bits per heavy atom. The van der Waals surface area contributed by atoms with E-state index in [1.54, 1.807) is 0 Å². The van der Waals surface area contributed by atoms with Crippen molar-refractivity contribution in [1.29, 1.82) is 0 Å². The molecule has 0 saturated carbocycles. The van der Waals surface area contributed by atoms with Gasteiger partial charge in [-0.3, -0.25) is 9.36 Å². The number of halogens is 2. The van der Waals surface area contributed by atoms with Crippen LogP contribution in [-0.2, 0) is 11.3 Å². The van der Waals surface area contributed by atoms with E-state index in [9.17, 15) is 4.79 Å². The van der Waals surface area contributed by atoms with Crippen molar-refractivity contribution in [1.82, 2.24) is 9.55 Å². The number of hydrogen-bond acceptors (Lipinski definition) is 3. The Bertz CT molecular complexity index is 365. The molecular formula is C8H10Cl2N2O2. The topological polar surface area (TPSA) is 44.1 Å². The first-order valence-corrected chi connectivity index (χ1v) is 4.90. The Balaban J connectivity index is 2.79. The quantitative estimate of drug-likeness (QED) is 0.590. The van der Waals surface area contributed by atoms with Crippen LogP contribution in [0.15, 0.2) is 11.1 Å². The molecular weight excluding hydrogens is 227 g/mol. The lowest BCUT2D eigenvalue weighted by molar-refractivity contribution is 0.138. The summed E-state index contributed by atoms with van der Waals surface area (Å²) in [5, 5.41) is -0.0185. The van der Waals surface area contributed by atoms with Crippen molar-refractivity contribution in [3.63, 3.8) is 0 Å². The normalized spacial score (nSPS) is 10.5. The van der Waals surface area contributed by atoms with E-state index in [-0.39, 0.29) is 15.7 Å². The maximum absolute atomic E-state index is 11.4. The van der Waals surface area contributed by atoms with Crippen LogP contribution in [-0.4, -0.2) is 22.8 Å². The molecule has 0 bridgehead atoms. The lowest BCUT2D eigenvalue weighted by Gasteiger charge is -2.05. The average Bonchev–Trinajstić information content (AvgIpc) is 2.18. The highest BCUT2D eigenvalue weighted by molar-refractivity contribution is 6.40. The first kappa shape index (κ1) is 11.5. The molecule has 0 saturated heterocycles. The van der Waals surface area contributed by atoms with Gasteiger partial charge in [0.1, 0.15) is 5.02 Å². The molecule has 0 radical (unpaired) electrons. The van der Waals surface area contributed by atoms with Crippen molar-refractivity contribution in [3.05, 3.63) is 26.9 Å². The van der Waals surface area contributed by atoms with Gasteiger partial charge in [0, 0.05) is 6.61 Å². The number of rotatable bonds is 4. The van der Waals surface area contributed by atoms with Gasteiger partial charge in [0.15, 0.2) is 5.15 Å². The number of hydrogen-bond donors (Lipinski definition) is 0. The fraction of sp³-hybridized carbons (Fsp3) is 0.500. The van der Waals surface area contributed by atoms with Crippen molar-refractivity contribution in [2.24, 2.45) is 0 Å². The molecule has 1 rings (SSSR count). The van der Waals surface area contributed by atoms with Gasteiger partial charge in [0.2, 0.25) is 0 Å². The molecule has 0 unspecified atom stereocenters. The van der Waals surface area contributed by atoms with Crippen LogP contribution in [0.2, 0.25) is 10.2 Å². The van der Waals surface area contributed by atoms with Crippen molar-refractivity contribution < 1.29 is 4.74 Å². The summed E-state index contributed by atoms with van der Waals surface area (Å²) >= 11 is 11.2. The number of ether oxygens (including phenoxy) is 1. The van der Waals surface area contributed by atoms with Crippen LogP contribution in [0, 0.1) is 0 Å². The molecule has 0 atom stereocenters. The molecule has 78 valence electrons. The monoisotopic (exact) mass is 236 g/mol. The highest BCUT2D eigenvalue weighted by Gasteiger charge is 2.06. The molecule has 1 heterocycles. The third-order valence-electron chi connectivity index (χ3n) is 1.62. The smallest absolute Gasteiger partial charge is 0.273 e. The summed E-state index contributed by atoms with van der Waals surface area (Å²) in [6.07, 6.45) is 1.36. The van der Waals surface area contributed by atoms with Crippen LogP contribution >= 0.6 is 23.2 Å². The lowest BCUT2D eigenvalue weighted by Crippen LogP contribution is -2.23. The molecule has 4 nitrogen and oxygen atoms in total. The van der Waals surface area contributed by atoms with Gasteiger partial charge in [-0.2, -0.15) is 0 Å². The van der Waals surface area contributed by atoms with Gasteiger partial charge in [-0.1, -0.05) is 23.2 Å². The summed E-state index contributed by atoms with van der Waals surface area (Å²) < 4.78 is 6.46. The SMILES string of the molecule is CCOCCn1cnc(Cl)c(Cl)c1=O. The third-order valence-corrected chi connectivity index (χ3v) is 2.34. The standard InChI is InChI=1S/C8H10Cl2N2O2/c1-2-14-4-3-12-5-11-7(10)6(9)8(12)13/h5H,2-4H2,1H3. The van der Waals surface area contributed by atoms with Crippen LogP contribution in [0.1, 0.15) is 6.92 Å². The molecule has 1 aromatic heterocycles. The lowest BCUT2D eigenvalue weighted by atomic mass is 10.6. The molecule has 0 aliphatic rings. The van der Waals surface area contributed by atoms with Gasteiger partial charge in [0.05, 0.1) is 19.5 Å². The second-order valence-corrected chi connectivity index (χ2v) is 3.28. The van der Waals surface area contributed by atoms with Crippen LogP contribution in [0.3, 0.4) is 0 Å². The van der Waals surface area contributed by atoms with E-state index in [0.29, 0.717) is 19.8 Å². The molecule has 0 spiro atoms. The maximum atomic E-state index is 11.4. The highest BCUT2D eigenvalue weighted by atomic mass is 35.5. The molecule has 1 aromatic rings. The summed E-state index contributed by atoms with van der Waals surface area (Å²) in [5.74, 6) is 0. The first-order chi connectivity index (χ1) is 6.66. The second-order valence-electron chi connectivity index (χ2n) is 2.54. The van der Waals surface area contributed by atoms with Crippen molar-refractivity contribution in [2.45, 2.75) is 13.5 Å². The summed E-state index contributed by atoms with van der Waals surface area (Å²) in [6, 6.07) is 0. The van der Waals surface area contributed by atoms with E-state index in [1.807, 2.05) is 6.92 Å². The average molecular weight is 237 g/mol. The molecule has 6 heteroatoms. The van der Waals surface area contributed by atoms with Gasteiger partial charge in [-0.05, 0) is 6.92 Å². The summed E-state index contributed by atoms with van der Waals surface area (Å²) in [7, 11) is 0. The molecule has 0 aliphatic carbocycles. The van der Waals surface area contributed by atoms with Gasteiger partial charge < -0.3 is 4.74 Å². The maximum Gasteiger partial charge on any atom is 0.273 e. The van der Waals surface area contributed by atoms with Gasteiger partial charge in [-0.25, -0.2) is 4.98 Å². The van der Waals surface area contributed by atoms with Crippen LogP contribution in [0.4, 0.5) is 0 Å². The zero-order chi connectivity index (χ0) is 10.6. The van der Waals surface area contributed by atoms with Gasteiger partial charge >= 0.3 is 0 Å². The van der Waals surface area contributed by atoms with E-state index in [0.717, 1.165) is 0 Å². The Morgan fingerprint density at radius 3 is 2.93 bits per heavy atom. The summed E-state index contributed by atoms with van der Waals surface area (Å²) in [6.45, 7) is 3.38. The molecule has 0 N–H and O–H groups in total. The van der Waals surface area contributed by atoms with Gasteiger partial charge in [-0.15, -0.1) is 0 Å². The van der Waals surface area contributed by atoms with Gasteiger partial charge in [0.25, 0.3) is 5.56 Å². The van der Waals surface area contributed by atoms with E-state index >= 15 is 0 Å². The minimum atomic E-state index is -0.341. The molecule has 0 amide bonds. The molecule has 0 fully saturated rings.